The second-order valence-corrected chi connectivity index (χ2v) is 4.56. The first-order valence-electron chi connectivity index (χ1n) is 5.02. The summed E-state index contributed by atoms with van der Waals surface area (Å²) in [5.74, 6) is 0.155. The van der Waals surface area contributed by atoms with Crippen molar-refractivity contribution in [3.05, 3.63) is 40.1 Å². The van der Waals surface area contributed by atoms with Crippen LogP contribution in [-0.2, 0) is 13.0 Å². The number of rotatable bonds is 4. The van der Waals surface area contributed by atoms with Gasteiger partial charge in [-0.25, -0.2) is 9.78 Å². The molecule has 0 saturated carbocycles. The predicted octanol–water partition coefficient (Wildman–Crippen LogP) is 2.25. The number of carboxylic acids is 1. The average Bonchev–Trinajstić information content (AvgIpc) is 2.87. The topological polar surface area (TPSA) is 55.1 Å². The normalized spacial score (nSPS) is 10.6. The van der Waals surface area contributed by atoms with Gasteiger partial charge in [-0.3, -0.25) is 0 Å². The van der Waals surface area contributed by atoms with Crippen LogP contribution in [0.1, 0.15) is 27.3 Å². The van der Waals surface area contributed by atoms with Gasteiger partial charge in [-0.2, -0.15) is 0 Å². The Morgan fingerprint density at radius 3 is 3.00 bits per heavy atom. The van der Waals surface area contributed by atoms with Crippen LogP contribution < -0.4 is 0 Å². The summed E-state index contributed by atoms with van der Waals surface area (Å²) < 4.78 is 2.04. The van der Waals surface area contributed by atoms with Crippen LogP contribution >= 0.6 is 11.3 Å². The Kier molecular flexibility index (Phi) is 3.05. The molecule has 0 aromatic carbocycles. The number of carboxylic acid groups (broad SMARTS) is 1. The minimum atomic E-state index is -0.863. The van der Waals surface area contributed by atoms with Crippen molar-refractivity contribution >= 4 is 17.3 Å². The Bertz CT molecular complexity index is 502. The maximum Gasteiger partial charge on any atom is 0.345 e. The SMILES string of the molecule is CCc1nccn1Cc1ccc(C(=O)O)s1. The number of thiophene rings is 1. The van der Waals surface area contributed by atoms with E-state index in [2.05, 4.69) is 11.9 Å². The smallest absolute Gasteiger partial charge is 0.345 e. The quantitative estimate of drug-likeness (QED) is 0.885. The molecule has 4 nitrogen and oxygen atoms in total. The molecule has 0 amide bonds. The van der Waals surface area contributed by atoms with E-state index in [-0.39, 0.29) is 0 Å². The molecule has 2 aromatic heterocycles. The van der Waals surface area contributed by atoms with Crippen LogP contribution in [-0.4, -0.2) is 20.6 Å². The molecule has 0 aliphatic rings. The highest BCUT2D eigenvalue weighted by Crippen LogP contribution is 2.18. The maximum absolute atomic E-state index is 10.7. The lowest BCUT2D eigenvalue weighted by molar-refractivity contribution is 0.0702. The van der Waals surface area contributed by atoms with Gasteiger partial charge in [0.1, 0.15) is 10.7 Å². The van der Waals surface area contributed by atoms with Crippen LogP contribution in [0.4, 0.5) is 0 Å². The number of aromatic carboxylic acids is 1. The third-order valence-corrected chi connectivity index (χ3v) is 3.37. The molecule has 0 bridgehead atoms. The molecule has 0 saturated heterocycles. The Morgan fingerprint density at radius 1 is 1.56 bits per heavy atom. The third kappa shape index (κ3) is 2.14. The van der Waals surface area contributed by atoms with Gasteiger partial charge in [0.05, 0.1) is 6.54 Å². The van der Waals surface area contributed by atoms with Crippen molar-refractivity contribution in [3.63, 3.8) is 0 Å². The zero-order valence-electron chi connectivity index (χ0n) is 8.88. The largest absolute Gasteiger partial charge is 0.477 e. The molecule has 2 aromatic rings. The van der Waals surface area contributed by atoms with Gasteiger partial charge in [-0.15, -0.1) is 11.3 Å². The lowest BCUT2D eigenvalue weighted by Crippen LogP contribution is -2.01. The molecular weight excluding hydrogens is 224 g/mol. The van der Waals surface area contributed by atoms with Crippen molar-refractivity contribution in [1.29, 1.82) is 0 Å². The number of imidazole rings is 1. The monoisotopic (exact) mass is 236 g/mol. The van der Waals surface area contributed by atoms with Crippen LogP contribution in [0.3, 0.4) is 0 Å². The summed E-state index contributed by atoms with van der Waals surface area (Å²) >= 11 is 1.31. The first kappa shape index (κ1) is 10.9. The van der Waals surface area contributed by atoms with Crippen molar-refractivity contribution in [2.24, 2.45) is 0 Å². The van der Waals surface area contributed by atoms with E-state index in [4.69, 9.17) is 5.11 Å². The summed E-state index contributed by atoms with van der Waals surface area (Å²) in [4.78, 5) is 16.4. The van der Waals surface area contributed by atoms with Crippen molar-refractivity contribution in [2.75, 3.05) is 0 Å². The van der Waals surface area contributed by atoms with Crippen molar-refractivity contribution < 1.29 is 9.90 Å². The predicted molar refractivity (Wildman–Crippen MR) is 62.0 cm³/mol. The number of carbonyl (C=O) groups is 1. The number of hydrogen-bond donors (Lipinski definition) is 1. The fourth-order valence-electron chi connectivity index (χ4n) is 1.54. The molecular formula is C11H12N2O2S. The standard InChI is InChI=1S/C11H12N2O2S/c1-2-10-12-5-6-13(10)7-8-3-4-9(16-8)11(14)15/h3-6H,2,7H2,1H3,(H,14,15). The molecule has 16 heavy (non-hydrogen) atoms. The van der Waals surface area contributed by atoms with Gasteiger partial charge in [-0.1, -0.05) is 6.92 Å². The van der Waals surface area contributed by atoms with E-state index in [1.54, 1.807) is 12.3 Å². The number of aryl methyl sites for hydroxylation is 1. The lowest BCUT2D eigenvalue weighted by Gasteiger charge is -2.03. The van der Waals surface area contributed by atoms with Crippen LogP contribution in [0, 0.1) is 0 Å². The summed E-state index contributed by atoms with van der Waals surface area (Å²) in [7, 11) is 0. The molecule has 0 fully saturated rings. The van der Waals surface area contributed by atoms with E-state index in [1.807, 2.05) is 16.8 Å². The van der Waals surface area contributed by atoms with E-state index >= 15 is 0 Å². The van der Waals surface area contributed by atoms with Crippen LogP contribution in [0.15, 0.2) is 24.5 Å². The second kappa shape index (κ2) is 4.49. The summed E-state index contributed by atoms with van der Waals surface area (Å²) in [6.45, 7) is 2.75. The molecule has 0 aliphatic heterocycles. The summed E-state index contributed by atoms with van der Waals surface area (Å²) in [6.07, 6.45) is 4.56. The first-order chi connectivity index (χ1) is 7.70. The van der Waals surface area contributed by atoms with Gasteiger partial charge in [0, 0.05) is 23.7 Å². The second-order valence-electron chi connectivity index (χ2n) is 3.40. The fourth-order valence-corrected chi connectivity index (χ4v) is 2.39. The van der Waals surface area contributed by atoms with Crippen molar-refractivity contribution in [1.82, 2.24) is 9.55 Å². The van der Waals surface area contributed by atoms with E-state index in [9.17, 15) is 4.79 Å². The van der Waals surface area contributed by atoms with E-state index in [1.165, 1.54) is 11.3 Å². The number of nitrogens with zero attached hydrogens (tertiary/aromatic N) is 2. The van der Waals surface area contributed by atoms with Crippen LogP contribution in [0.2, 0.25) is 0 Å². The van der Waals surface area contributed by atoms with Gasteiger partial charge in [0.2, 0.25) is 0 Å². The molecule has 84 valence electrons. The highest BCUT2D eigenvalue weighted by molar-refractivity contribution is 7.13. The zero-order chi connectivity index (χ0) is 11.5. The van der Waals surface area contributed by atoms with Gasteiger partial charge in [0.25, 0.3) is 0 Å². The molecule has 5 heteroatoms. The van der Waals surface area contributed by atoms with Gasteiger partial charge >= 0.3 is 5.97 Å². The van der Waals surface area contributed by atoms with Gasteiger partial charge in [-0.05, 0) is 12.1 Å². The van der Waals surface area contributed by atoms with Crippen LogP contribution in [0.25, 0.3) is 0 Å². The third-order valence-electron chi connectivity index (χ3n) is 2.32. The lowest BCUT2D eigenvalue weighted by atomic mass is 10.4. The van der Waals surface area contributed by atoms with Crippen molar-refractivity contribution in [2.45, 2.75) is 19.9 Å². The molecule has 0 spiro atoms. The highest BCUT2D eigenvalue weighted by Gasteiger charge is 2.08. The summed E-state index contributed by atoms with van der Waals surface area (Å²) in [5, 5.41) is 8.82. The number of hydrogen-bond acceptors (Lipinski definition) is 3. The Morgan fingerprint density at radius 2 is 2.38 bits per heavy atom. The van der Waals surface area contributed by atoms with E-state index in [0.29, 0.717) is 11.4 Å². The molecule has 0 unspecified atom stereocenters. The van der Waals surface area contributed by atoms with E-state index < -0.39 is 5.97 Å². The molecule has 0 atom stereocenters. The molecule has 0 radical (unpaired) electrons. The summed E-state index contributed by atoms with van der Waals surface area (Å²) in [5.41, 5.74) is 0. The van der Waals surface area contributed by atoms with Gasteiger partial charge in [0.15, 0.2) is 0 Å². The minimum Gasteiger partial charge on any atom is -0.477 e. The summed E-state index contributed by atoms with van der Waals surface area (Å²) in [6, 6.07) is 3.50. The highest BCUT2D eigenvalue weighted by atomic mass is 32.1. The fraction of sp³-hybridized carbons (Fsp3) is 0.273. The van der Waals surface area contributed by atoms with E-state index in [0.717, 1.165) is 17.1 Å². The number of aromatic nitrogens is 2. The zero-order valence-corrected chi connectivity index (χ0v) is 9.70. The maximum atomic E-state index is 10.7. The minimum absolute atomic E-state index is 0.383. The van der Waals surface area contributed by atoms with Gasteiger partial charge < -0.3 is 9.67 Å². The Hall–Kier alpha value is -1.62. The molecule has 2 rings (SSSR count). The first-order valence-corrected chi connectivity index (χ1v) is 5.84. The molecule has 1 N–H and O–H groups in total. The average molecular weight is 236 g/mol. The molecule has 0 aliphatic carbocycles. The Balaban J connectivity index is 2.17. The molecule has 2 heterocycles. The Labute approximate surface area is 97.2 Å². The van der Waals surface area contributed by atoms with Crippen molar-refractivity contribution in [3.8, 4) is 0 Å². The van der Waals surface area contributed by atoms with Crippen LogP contribution in [0.5, 0.6) is 0 Å².